The first-order valence-electron chi connectivity index (χ1n) is 5.81. The Morgan fingerprint density at radius 1 is 1.29 bits per heavy atom. The Labute approximate surface area is 128 Å². The van der Waals surface area contributed by atoms with Gasteiger partial charge in [0, 0.05) is 4.47 Å². The van der Waals surface area contributed by atoms with Crippen LogP contribution < -0.4 is 15.8 Å². The van der Waals surface area contributed by atoms with Gasteiger partial charge in [0.25, 0.3) is 5.91 Å². The van der Waals surface area contributed by atoms with Gasteiger partial charge in [-0.3, -0.25) is 4.79 Å². The zero-order chi connectivity index (χ0) is 15.6. The van der Waals surface area contributed by atoms with E-state index in [1.165, 1.54) is 7.11 Å². The summed E-state index contributed by atoms with van der Waals surface area (Å²) in [6.07, 6.45) is 0. The number of nitrogens with two attached hydrogens (primary N) is 1. The molecular formula is C14H11BrF2N2O2. The zero-order valence-electron chi connectivity index (χ0n) is 10.9. The van der Waals surface area contributed by atoms with Crippen molar-refractivity contribution in [2.75, 3.05) is 18.2 Å². The summed E-state index contributed by atoms with van der Waals surface area (Å²) in [4.78, 5) is 12.1. The van der Waals surface area contributed by atoms with Gasteiger partial charge in [-0.1, -0.05) is 15.9 Å². The van der Waals surface area contributed by atoms with E-state index in [4.69, 9.17) is 10.5 Å². The van der Waals surface area contributed by atoms with E-state index in [0.29, 0.717) is 15.9 Å². The van der Waals surface area contributed by atoms with Crippen LogP contribution in [0, 0.1) is 11.6 Å². The highest BCUT2D eigenvalue weighted by Crippen LogP contribution is 2.29. The summed E-state index contributed by atoms with van der Waals surface area (Å²) in [5, 5.41) is 2.46. The molecule has 1 amide bonds. The molecule has 0 radical (unpaired) electrons. The van der Waals surface area contributed by atoms with Crippen LogP contribution in [0.4, 0.5) is 20.2 Å². The maximum atomic E-state index is 13.8. The SMILES string of the molecule is COc1ccc(Br)cc1NC(=O)c1cc(F)cc(N)c1F. The predicted octanol–water partition coefficient (Wildman–Crippen LogP) is 3.57. The number of amides is 1. The lowest BCUT2D eigenvalue weighted by Gasteiger charge is -2.11. The predicted molar refractivity (Wildman–Crippen MR) is 79.4 cm³/mol. The van der Waals surface area contributed by atoms with Gasteiger partial charge in [-0.25, -0.2) is 8.78 Å². The fourth-order valence-corrected chi connectivity index (χ4v) is 2.10. The number of carbonyl (C=O) groups is 1. The molecule has 7 heteroatoms. The third-order valence-electron chi connectivity index (χ3n) is 2.72. The summed E-state index contributed by atoms with van der Waals surface area (Å²) in [5.74, 6) is -2.20. The van der Waals surface area contributed by atoms with Crippen molar-refractivity contribution >= 4 is 33.2 Å². The summed E-state index contributed by atoms with van der Waals surface area (Å²) >= 11 is 3.25. The van der Waals surface area contributed by atoms with Gasteiger partial charge >= 0.3 is 0 Å². The van der Waals surface area contributed by atoms with E-state index in [-0.39, 0.29) is 0 Å². The Morgan fingerprint density at radius 3 is 2.67 bits per heavy atom. The highest BCUT2D eigenvalue weighted by Gasteiger charge is 2.17. The molecule has 0 fully saturated rings. The van der Waals surface area contributed by atoms with Crippen molar-refractivity contribution in [3.8, 4) is 5.75 Å². The largest absolute Gasteiger partial charge is 0.495 e. The van der Waals surface area contributed by atoms with Crippen LogP contribution in [-0.4, -0.2) is 13.0 Å². The molecule has 21 heavy (non-hydrogen) atoms. The number of nitrogens with one attached hydrogen (secondary N) is 1. The number of ether oxygens (including phenoxy) is 1. The summed E-state index contributed by atoms with van der Waals surface area (Å²) in [7, 11) is 1.43. The van der Waals surface area contributed by atoms with Gasteiger partial charge in [0.2, 0.25) is 0 Å². The van der Waals surface area contributed by atoms with Crippen molar-refractivity contribution in [3.63, 3.8) is 0 Å². The van der Waals surface area contributed by atoms with Gasteiger partial charge in [-0.15, -0.1) is 0 Å². The van der Waals surface area contributed by atoms with Crippen molar-refractivity contribution in [3.05, 3.63) is 52.0 Å². The monoisotopic (exact) mass is 356 g/mol. The van der Waals surface area contributed by atoms with Crippen LogP contribution in [0.1, 0.15) is 10.4 Å². The second-order valence-electron chi connectivity index (χ2n) is 4.16. The lowest BCUT2D eigenvalue weighted by molar-refractivity contribution is 0.102. The average Bonchev–Trinajstić information content (AvgIpc) is 2.43. The Bertz CT molecular complexity index is 708. The summed E-state index contributed by atoms with van der Waals surface area (Å²) < 4.78 is 32.8. The molecule has 0 saturated carbocycles. The molecule has 0 saturated heterocycles. The molecule has 0 aliphatic rings. The van der Waals surface area contributed by atoms with Crippen molar-refractivity contribution in [2.24, 2.45) is 0 Å². The van der Waals surface area contributed by atoms with Gasteiger partial charge in [0.1, 0.15) is 11.6 Å². The van der Waals surface area contributed by atoms with Crippen molar-refractivity contribution in [1.29, 1.82) is 0 Å². The Kier molecular flexibility index (Phi) is 4.42. The van der Waals surface area contributed by atoms with Crippen LogP contribution >= 0.6 is 15.9 Å². The molecule has 0 unspecified atom stereocenters. The van der Waals surface area contributed by atoms with E-state index in [0.717, 1.165) is 12.1 Å². The Balaban J connectivity index is 2.37. The number of carbonyl (C=O) groups excluding carboxylic acids is 1. The molecule has 3 N–H and O–H groups in total. The Hall–Kier alpha value is -2.15. The summed E-state index contributed by atoms with van der Waals surface area (Å²) in [6.45, 7) is 0. The van der Waals surface area contributed by atoms with Crippen LogP contribution in [-0.2, 0) is 0 Å². The number of nitrogen functional groups attached to an aromatic ring is 1. The lowest BCUT2D eigenvalue weighted by atomic mass is 10.1. The molecule has 2 aromatic rings. The van der Waals surface area contributed by atoms with Gasteiger partial charge in [0.05, 0.1) is 24.0 Å². The van der Waals surface area contributed by atoms with E-state index < -0.39 is 28.8 Å². The number of methoxy groups -OCH3 is 1. The molecule has 110 valence electrons. The van der Waals surface area contributed by atoms with Crippen LogP contribution in [0.2, 0.25) is 0 Å². The number of hydrogen-bond donors (Lipinski definition) is 2. The average molecular weight is 357 g/mol. The standard InChI is InChI=1S/C14H11BrF2N2O2/c1-21-12-3-2-7(15)4-11(12)19-14(20)9-5-8(16)6-10(18)13(9)17/h2-6H,18H2,1H3,(H,19,20). The summed E-state index contributed by atoms with van der Waals surface area (Å²) in [6, 6.07) is 6.51. The van der Waals surface area contributed by atoms with Crippen LogP contribution in [0.15, 0.2) is 34.8 Å². The molecule has 0 aliphatic carbocycles. The van der Waals surface area contributed by atoms with E-state index in [1.807, 2.05) is 0 Å². The molecular weight excluding hydrogens is 346 g/mol. The number of rotatable bonds is 3. The highest BCUT2D eigenvalue weighted by atomic mass is 79.9. The normalized spacial score (nSPS) is 10.3. The minimum Gasteiger partial charge on any atom is -0.495 e. The third kappa shape index (κ3) is 3.30. The first kappa shape index (κ1) is 15.2. The maximum Gasteiger partial charge on any atom is 0.258 e. The fourth-order valence-electron chi connectivity index (χ4n) is 1.74. The number of hydrogen-bond acceptors (Lipinski definition) is 3. The second kappa shape index (κ2) is 6.09. The molecule has 2 rings (SSSR count). The molecule has 0 heterocycles. The fraction of sp³-hybridized carbons (Fsp3) is 0.0714. The van der Waals surface area contributed by atoms with Crippen LogP contribution in [0.5, 0.6) is 5.75 Å². The van der Waals surface area contributed by atoms with Crippen molar-refractivity contribution < 1.29 is 18.3 Å². The summed E-state index contributed by atoms with van der Waals surface area (Å²) in [5.41, 5.74) is 4.72. The molecule has 0 aromatic heterocycles. The first-order chi connectivity index (χ1) is 9.92. The van der Waals surface area contributed by atoms with Crippen molar-refractivity contribution in [1.82, 2.24) is 0 Å². The lowest BCUT2D eigenvalue weighted by Crippen LogP contribution is -2.15. The topological polar surface area (TPSA) is 64.3 Å². The molecule has 4 nitrogen and oxygen atoms in total. The van der Waals surface area contributed by atoms with Gasteiger partial charge in [0.15, 0.2) is 5.82 Å². The van der Waals surface area contributed by atoms with Crippen LogP contribution in [0.25, 0.3) is 0 Å². The Morgan fingerprint density at radius 2 is 2.00 bits per heavy atom. The van der Waals surface area contributed by atoms with Gasteiger partial charge in [-0.05, 0) is 30.3 Å². The molecule has 0 aliphatic heterocycles. The van der Waals surface area contributed by atoms with E-state index in [9.17, 15) is 13.6 Å². The van der Waals surface area contributed by atoms with E-state index in [2.05, 4.69) is 21.2 Å². The minimum absolute atomic E-state index is 0.319. The van der Waals surface area contributed by atoms with Gasteiger partial charge < -0.3 is 15.8 Å². The van der Waals surface area contributed by atoms with Crippen LogP contribution in [0.3, 0.4) is 0 Å². The van der Waals surface area contributed by atoms with Crippen molar-refractivity contribution in [2.45, 2.75) is 0 Å². The van der Waals surface area contributed by atoms with E-state index in [1.54, 1.807) is 18.2 Å². The smallest absolute Gasteiger partial charge is 0.258 e. The third-order valence-corrected chi connectivity index (χ3v) is 3.21. The molecule has 0 spiro atoms. The number of anilines is 2. The number of halogens is 3. The highest BCUT2D eigenvalue weighted by molar-refractivity contribution is 9.10. The first-order valence-corrected chi connectivity index (χ1v) is 6.61. The van der Waals surface area contributed by atoms with Gasteiger partial charge in [-0.2, -0.15) is 0 Å². The molecule has 0 atom stereocenters. The second-order valence-corrected chi connectivity index (χ2v) is 5.07. The number of benzene rings is 2. The van der Waals surface area contributed by atoms with E-state index >= 15 is 0 Å². The molecule has 0 bridgehead atoms. The minimum atomic E-state index is -0.970. The molecule has 2 aromatic carbocycles. The maximum absolute atomic E-state index is 13.8. The zero-order valence-corrected chi connectivity index (χ0v) is 12.5. The quantitative estimate of drug-likeness (QED) is 0.826.